The number of hydrogen-bond acceptors (Lipinski definition) is 17. The summed E-state index contributed by atoms with van der Waals surface area (Å²) in [5, 5.41) is 48.6. The maximum Gasteiger partial charge on any atom is 0.326 e. The standard InChI is InChI=1S/C59H87N19O13S/c1-34(48(82)73-41(56(90)91)20-10-24-69-59(65)66)77(31-36-15-6-3-7-16-36)54(88)43(27-35-13-4-2-5-14-35)74-51(85)44(33-79)75-50(84)42(29-38-17-12-26-92-38)71-47(81)30-70-52(86)46-28-37(80)32-78(46)55(89)45-21-11-25-76(45)53(87)40(19-9-23-68-58(63)64)72-49(83)39(60)18-8-22-67-57(61)62/h2-7,12-17,26,34,37,39-46,79-80H,8-11,18-25,27-33,60H2,1H3,(H,70,86)(H,71,81)(H,72,83)(H,73,82)(H,74,85)(H,75,84)(H,90,91)(H4,61,62,67)(H4,63,64,68)(H4,65,66,69)/t34-,37?,39+,40+,41-,42-,43+,44-,45-,46-/m0/s1. The number of carboxylic acids is 1. The van der Waals surface area contributed by atoms with E-state index in [1.807, 2.05) is 0 Å². The Morgan fingerprint density at radius 3 is 1.77 bits per heavy atom. The topological polar surface area (TPSA) is 533 Å². The maximum atomic E-state index is 15.0. The number of hydrogen-bond donors (Lipinski definition) is 16. The number of aliphatic imine (C=N–C) groups is 3. The largest absolute Gasteiger partial charge is 0.480 e. The van der Waals surface area contributed by atoms with E-state index in [4.69, 9.17) is 40.1 Å². The van der Waals surface area contributed by atoms with E-state index < -0.39 is 133 Å². The van der Waals surface area contributed by atoms with E-state index >= 15 is 0 Å². The number of rotatable bonds is 36. The average molecular weight is 1300 g/mol. The van der Waals surface area contributed by atoms with Crippen LogP contribution in [0.4, 0.5) is 0 Å². The molecule has 32 nitrogen and oxygen atoms in total. The first-order valence-electron chi connectivity index (χ1n) is 30.1. The summed E-state index contributed by atoms with van der Waals surface area (Å²) in [6, 6.07) is 8.52. The number of carbonyl (C=O) groups excluding carboxylic acids is 9. The van der Waals surface area contributed by atoms with Gasteiger partial charge in [-0.2, -0.15) is 0 Å². The third-order valence-corrected chi connectivity index (χ3v) is 16.1. The van der Waals surface area contributed by atoms with E-state index in [9.17, 15) is 63.3 Å². The quantitative estimate of drug-likeness (QED) is 0.0147. The molecule has 0 aliphatic carbocycles. The third-order valence-electron chi connectivity index (χ3n) is 15.2. The first-order valence-corrected chi connectivity index (χ1v) is 31.0. The number of aliphatic hydroxyl groups is 2. The Hall–Kier alpha value is -9.47. The number of aliphatic carboxylic acids is 1. The van der Waals surface area contributed by atoms with Crippen LogP contribution in [0.25, 0.3) is 0 Å². The van der Waals surface area contributed by atoms with Gasteiger partial charge in [0.05, 0.1) is 25.3 Å². The number of likely N-dealkylation sites (tertiary alicyclic amines) is 2. The SMILES string of the molecule is C[C@@H](C(=O)N[C@@H](CCCN=C(N)N)C(=O)O)N(Cc1ccccc1)C(=O)[C@@H](Cc1ccccc1)NC(=O)[C@H](CO)NC(=O)[C@H](Cc1cccs1)NC(=O)CNC(=O)[C@@H]1CC(O)CN1C(=O)[C@@H]1CCCN1C(=O)[C@@H](CCCN=C(N)N)NC(=O)[C@H](N)CCCN=C(N)N. The lowest BCUT2D eigenvalue weighted by Gasteiger charge is -2.33. The zero-order chi connectivity index (χ0) is 67.4. The number of nitrogens with zero attached hydrogens (tertiary/aromatic N) is 6. The second-order valence-electron chi connectivity index (χ2n) is 22.2. The molecule has 2 fully saturated rings. The van der Waals surface area contributed by atoms with E-state index in [1.54, 1.807) is 78.2 Å². The highest BCUT2D eigenvalue weighted by atomic mass is 32.1. The van der Waals surface area contributed by atoms with Gasteiger partial charge in [0.25, 0.3) is 0 Å². The van der Waals surface area contributed by atoms with Crippen LogP contribution in [0.1, 0.15) is 80.7 Å². The van der Waals surface area contributed by atoms with Gasteiger partial charge in [-0.15, -0.1) is 11.3 Å². The Balaban J connectivity index is 1.29. The molecule has 0 radical (unpaired) electrons. The van der Waals surface area contributed by atoms with E-state index in [0.717, 1.165) is 4.90 Å². The second-order valence-corrected chi connectivity index (χ2v) is 23.3. The molecule has 33 heteroatoms. The molecule has 92 heavy (non-hydrogen) atoms. The van der Waals surface area contributed by atoms with Crippen molar-refractivity contribution in [3.8, 4) is 0 Å². The molecule has 2 aliphatic heterocycles. The van der Waals surface area contributed by atoms with E-state index in [0.29, 0.717) is 28.8 Å². The molecule has 0 saturated carbocycles. The van der Waals surface area contributed by atoms with Crippen molar-refractivity contribution in [1.82, 2.24) is 46.6 Å². The minimum Gasteiger partial charge on any atom is -0.480 e. The van der Waals surface area contributed by atoms with Crippen LogP contribution in [0, 0.1) is 0 Å². The molecule has 0 bridgehead atoms. The van der Waals surface area contributed by atoms with Gasteiger partial charge in [-0.1, -0.05) is 66.7 Å². The molecule has 23 N–H and O–H groups in total. The van der Waals surface area contributed by atoms with Gasteiger partial charge in [-0.25, -0.2) is 4.79 Å². The van der Waals surface area contributed by atoms with Crippen molar-refractivity contribution in [2.45, 2.75) is 145 Å². The van der Waals surface area contributed by atoms with Crippen LogP contribution in [-0.2, 0) is 67.3 Å². The number of carboxylic acid groups (broad SMARTS) is 1. The van der Waals surface area contributed by atoms with Gasteiger partial charge in [0, 0.05) is 63.4 Å². The second kappa shape index (κ2) is 37.0. The third kappa shape index (κ3) is 23.4. The molecule has 10 atom stereocenters. The summed E-state index contributed by atoms with van der Waals surface area (Å²) >= 11 is 1.25. The Labute approximate surface area is 536 Å². The molecule has 5 rings (SSSR count). The minimum absolute atomic E-state index is 0.0587. The smallest absolute Gasteiger partial charge is 0.326 e. The lowest BCUT2D eigenvalue weighted by molar-refractivity contribution is -0.148. The number of amides is 9. The molecular weight excluding hydrogens is 1210 g/mol. The number of nitrogens with one attached hydrogen (secondary N) is 6. The highest BCUT2D eigenvalue weighted by Crippen LogP contribution is 2.27. The normalized spacial score (nSPS) is 17.4. The molecule has 1 unspecified atom stereocenters. The van der Waals surface area contributed by atoms with E-state index in [-0.39, 0.29) is 115 Å². The Kier molecular flexibility index (Phi) is 29.5. The van der Waals surface area contributed by atoms with Crippen molar-refractivity contribution in [1.29, 1.82) is 0 Å². The molecule has 2 aliphatic rings. The molecule has 2 aromatic carbocycles. The van der Waals surface area contributed by atoms with Crippen molar-refractivity contribution in [2.24, 2.45) is 55.1 Å². The number of nitrogens with two attached hydrogens (primary N) is 7. The number of carbonyl (C=O) groups is 10. The van der Waals surface area contributed by atoms with Gasteiger partial charge in [0.1, 0.15) is 48.3 Å². The first kappa shape index (κ1) is 73.3. The van der Waals surface area contributed by atoms with Crippen LogP contribution >= 0.6 is 11.3 Å². The van der Waals surface area contributed by atoms with Gasteiger partial charge in [-0.05, 0) is 80.9 Å². The first-order chi connectivity index (χ1) is 43.9. The lowest BCUT2D eigenvalue weighted by Crippen LogP contribution is -2.60. The van der Waals surface area contributed by atoms with Crippen LogP contribution in [0.2, 0.25) is 0 Å². The summed E-state index contributed by atoms with van der Waals surface area (Å²) in [6.07, 6.45) is -0.130. The molecule has 502 valence electrons. The van der Waals surface area contributed by atoms with Crippen LogP contribution < -0.4 is 72.0 Å². The van der Waals surface area contributed by atoms with Crippen molar-refractivity contribution in [2.75, 3.05) is 45.9 Å². The van der Waals surface area contributed by atoms with Gasteiger partial charge in [0.2, 0.25) is 53.2 Å². The summed E-state index contributed by atoms with van der Waals surface area (Å²) in [5.74, 6) is -9.07. The van der Waals surface area contributed by atoms with Crippen molar-refractivity contribution >= 4 is 88.3 Å². The van der Waals surface area contributed by atoms with Crippen molar-refractivity contribution < 1.29 is 63.3 Å². The maximum absolute atomic E-state index is 15.0. The predicted octanol–water partition coefficient (Wildman–Crippen LogP) is -4.99. The minimum atomic E-state index is -1.74. The fourth-order valence-corrected chi connectivity index (χ4v) is 11.2. The molecule has 3 heterocycles. The van der Waals surface area contributed by atoms with Crippen LogP contribution in [-0.4, -0.2) is 213 Å². The molecule has 3 aromatic rings. The van der Waals surface area contributed by atoms with Gasteiger partial charge in [-0.3, -0.25) is 58.1 Å². The number of β-amino-alcohol motifs (C(OH)–C–C–N with tert-alkyl or cyclic N) is 1. The van der Waals surface area contributed by atoms with Gasteiger partial charge < -0.3 is 102 Å². The molecule has 0 spiro atoms. The number of guanidine groups is 3. The van der Waals surface area contributed by atoms with Crippen LogP contribution in [0.5, 0.6) is 0 Å². The fourth-order valence-electron chi connectivity index (χ4n) is 10.4. The zero-order valence-electron chi connectivity index (χ0n) is 51.3. The van der Waals surface area contributed by atoms with Crippen LogP contribution in [0.3, 0.4) is 0 Å². The highest BCUT2D eigenvalue weighted by molar-refractivity contribution is 7.09. The summed E-state index contributed by atoms with van der Waals surface area (Å²) in [6.45, 7) is -0.272. The number of benzene rings is 2. The summed E-state index contributed by atoms with van der Waals surface area (Å²) in [7, 11) is 0. The summed E-state index contributed by atoms with van der Waals surface area (Å²) in [5.41, 5.74) is 39.9. The van der Waals surface area contributed by atoms with Gasteiger partial charge >= 0.3 is 5.97 Å². The molecular formula is C59H87N19O13S. The Bertz CT molecular complexity index is 3060. The Morgan fingerprint density at radius 2 is 1.20 bits per heavy atom. The molecule has 2 saturated heterocycles. The summed E-state index contributed by atoms with van der Waals surface area (Å²) in [4.78, 5) is 156. The molecule has 1 aromatic heterocycles. The van der Waals surface area contributed by atoms with Crippen molar-refractivity contribution in [3.63, 3.8) is 0 Å². The predicted molar refractivity (Wildman–Crippen MR) is 341 cm³/mol. The summed E-state index contributed by atoms with van der Waals surface area (Å²) < 4.78 is 0. The number of thiophene rings is 1. The zero-order valence-corrected chi connectivity index (χ0v) is 52.1. The van der Waals surface area contributed by atoms with E-state index in [2.05, 4.69) is 46.9 Å². The monoisotopic (exact) mass is 1300 g/mol. The van der Waals surface area contributed by atoms with Gasteiger partial charge in [0.15, 0.2) is 17.9 Å². The number of aliphatic hydroxyl groups excluding tert-OH is 2. The highest BCUT2D eigenvalue weighted by Gasteiger charge is 2.46. The van der Waals surface area contributed by atoms with Crippen molar-refractivity contribution in [3.05, 3.63) is 94.2 Å². The fraction of sp³-hybridized carbons (Fsp3) is 0.508. The molecule has 9 amide bonds. The Morgan fingerprint density at radius 1 is 0.641 bits per heavy atom. The lowest BCUT2D eigenvalue weighted by atomic mass is 10.0. The van der Waals surface area contributed by atoms with E-state index in [1.165, 1.54) is 28.1 Å². The average Bonchev–Trinajstić information content (AvgIpc) is 1.62. The van der Waals surface area contributed by atoms with Crippen LogP contribution in [0.15, 0.2) is 93.2 Å².